The molecule has 12 heteroatoms. The minimum Gasteiger partial charge on any atom is -0.391 e. The lowest BCUT2D eigenvalue weighted by molar-refractivity contribution is -0.127. The molecule has 39 heavy (non-hydrogen) atoms. The Morgan fingerprint density at radius 2 is 2.15 bits per heavy atom. The van der Waals surface area contributed by atoms with Crippen molar-refractivity contribution in [1.29, 1.82) is 5.26 Å². The molecule has 1 aromatic carbocycles. The highest BCUT2D eigenvalue weighted by atomic mass is 19.1. The Hall–Kier alpha value is -4.68. The number of rotatable bonds is 7. The van der Waals surface area contributed by atoms with Gasteiger partial charge in [0.25, 0.3) is 5.91 Å². The lowest BCUT2D eigenvalue weighted by Gasteiger charge is -2.22. The number of fused-ring (bicyclic) bond motifs is 1. The first-order valence-electron chi connectivity index (χ1n) is 12.2. The number of amides is 2. The Bertz CT molecular complexity index is 1500. The highest BCUT2D eigenvalue weighted by molar-refractivity contribution is 6.21. The van der Waals surface area contributed by atoms with Gasteiger partial charge in [-0.15, -0.1) is 0 Å². The van der Waals surface area contributed by atoms with Crippen molar-refractivity contribution in [2.45, 2.75) is 36.9 Å². The Morgan fingerprint density at radius 1 is 1.41 bits per heavy atom. The summed E-state index contributed by atoms with van der Waals surface area (Å²) in [5.41, 5.74) is 11.7. The summed E-state index contributed by atoms with van der Waals surface area (Å²) in [5, 5.41) is 12.6. The maximum Gasteiger partial charge on any atom is 0.255 e. The van der Waals surface area contributed by atoms with Crippen molar-refractivity contribution >= 4 is 28.7 Å². The van der Waals surface area contributed by atoms with Crippen molar-refractivity contribution in [1.82, 2.24) is 19.8 Å². The highest BCUT2D eigenvalue weighted by Gasteiger charge is 2.46. The van der Waals surface area contributed by atoms with Crippen LogP contribution in [0.25, 0.3) is 11.0 Å². The minimum atomic E-state index is -0.874. The molecule has 0 unspecified atom stereocenters. The molecule has 2 aromatic rings. The molecule has 1 saturated carbocycles. The van der Waals surface area contributed by atoms with Gasteiger partial charge in [0, 0.05) is 32.8 Å². The van der Waals surface area contributed by atoms with Gasteiger partial charge in [0.1, 0.15) is 22.8 Å². The molecule has 0 spiro atoms. The Morgan fingerprint density at radius 3 is 2.74 bits per heavy atom. The Labute approximate surface area is 225 Å². The fourth-order valence-corrected chi connectivity index (χ4v) is 4.77. The summed E-state index contributed by atoms with van der Waals surface area (Å²) >= 11 is 0. The fraction of sp³-hybridized carbons (Fsp3) is 0.370. The zero-order valence-electron chi connectivity index (χ0n) is 21.7. The van der Waals surface area contributed by atoms with Gasteiger partial charge in [0.15, 0.2) is 0 Å². The number of nitriles is 1. The highest BCUT2D eigenvalue weighted by Crippen LogP contribution is 2.44. The van der Waals surface area contributed by atoms with E-state index >= 15 is 0 Å². The molecule has 2 amide bonds. The van der Waals surface area contributed by atoms with Crippen LogP contribution in [0.1, 0.15) is 24.8 Å². The number of aromatic nitrogens is 2. The normalized spacial score (nSPS) is 20.5. The van der Waals surface area contributed by atoms with E-state index in [-0.39, 0.29) is 40.7 Å². The number of nitrogens with one attached hydrogen (secondary N) is 1. The lowest BCUT2D eigenvalue weighted by atomic mass is 10.1. The van der Waals surface area contributed by atoms with Gasteiger partial charge in [-0.3, -0.25) is 14.6 Å². The SMILES string of the molecule is C=CC(=O)N1C[C@@H](NC(=NC)/C(C(N)=O)=C(\N)C#Cc2cc3ncn(C4(C#N)CC4)c3cc2F)C[C@@H]1COC. The molecule has 5 N–H and O–H groups in total. The number of carbonyl (C=O) groups excluding carboxylic acids is 2. The second kappa shape index (κ2) is 11.0. The van der Waals surface area contributed by atoms with Gasteiger partial charge in [-0.2, -0.15) is 5.26 Å². The third-order valence-electron chi connectivity index (χ3n) is 6.91. The molecule has 0 radical (unpaired) electrons. The first-order valence-corrected chi connectivity index (χ1v) is 12.2. The van der Waals surface area contributed by atoms with Crippen molar-refractivity contribution in [3.05, 3.63) is 53.8 Å². The van der Waals surface area contributed by atoms with E-state index in [4.69, 9.17) is 16.2 Å². The number of ether oxygens (including phenoxy) is 1. The zero-order chi connectivity index (χ0) is 28.3. The number of halogens is 1. The van der Waals surface area contributed by atoms with Crippen LogP contribution in [-0.4, -0.2) is 71.5 Å². The number of methoxy groups -OCH3 is 1. The molecule has 1 saturated heterocycles. The van der Waals surface area contributed by atoms with Crippen LogP contribution < -0.4 is 16.8 Å². The van der Waals surface area contributed by atoms with Gasteiger partial charge in [0.05, 0.1) is 47.3 Å². The number of nitrogens with two attached hydrogens (primary N) is 2. The van der Waals surface area contributed by atoms with Gasteiger partial charge in [0.2, 0.25) is 5.91 Å². The summed E-state index contributed by atoms with van der Waals surface area (Å²) in [5.74, 6) is 3.63. The molecule has 1 aromatic heterocycles. The quantitative estimate of drug-likeness (QED) is 0.204. The molecule has 4 rings (SSSR count). The maximum absolute atomic E-state index is 15.0. The zero-order valence-corrected chi connectivity index (χ0v) is 21.7. The molecular formula is C27H29FN8O3. The predicted molar refractivity (Wildman–Crippen MR) is 142 cm³/mol. The number of hydrogen-bond donors (Lipinski definition) is 3. The van der Waals surface area contributed by atoms with E-state index in [2.05, 4.69) is 39.8 Å². The molecule has 2 fully saturated rings. The number of carbonyl (C=O) groups is 2. The summed E-state index contributed by atoms with van der Waals surface area (Å²) < 4.78 is 21.9. The summed E-state index contributed by atoms with van der Waals surface area (Å²) in [7, 11) is 3.00. The third-order valence-corrected chi connectivity index (χ3v) is 6.91. The first kappa shape index (κ1) is 27.4. The van der Waals surface area contributed by atoms with Gasteiger partial charge in [-0.25, -0.2) is 9.37 Å². The van der Waals surface area contributed by atoms with Crippen molar-refractivity contribution in [3.63, 3.8) is 0 Å². The van der Waals surface area contributed by atoms with Gasteiger partial charge in [-0.05, 0) is 37.3 Å². The van der Waals surface area contributed by atoms with Crippen molar-refractivity contribution in [2.75, 3.05) is 27.3 Å². The van der Waals surface area contributed by atoms with E-state index in [1.807, 2.05) is 0 Å². The molecule has 2 heterocycles. The molecule has 202 valence electrons. The van der Waals surface area contributed by atoms with E-state index in [0.29, 0.717) is 43.4 Å². The number of amidine groups is 1. The van der Waals surface area contributed by atoms with Crippen LogP contribution >= 0.6 is 0 Å². The standard InChI is InChI=1S/C27H29FN8O3/c1-4-23(37)35-12-17(10-18(35)13-39-3)34-26(32-2)24(25(31)38)20(30)6-5-16-9-21-22(11-19(16)28)36(15-33-21)27(14-29)7-8-27/h4,9,11,15,17-18H,1,7-8,10,12-13,30H2,2-3H3,(H2,31,38)(H,32,34)/b24-20-/t17-,18+/m0/s1. The summed E-state index contributed by atoms with van der Waals surface area (Å²) in [4.78, 5) is 34.7. The van der Waals surface area contributed by atoms with Crippen LogP contribution in [-0.2, 0) is 19.9 Å². The summed E-state index contributed by atoms with van der Waals surface area (Å²) in [6.07, 6.45) is 4.64. The predicted octanol–water partition coefficient (Wildman–Crippen LogP) is 0.657. The van der Waals surface area contributed by atoms with Crippen LogP contribution in [0.4, 0.5) is 4.39 Å². The molecule has 11 nitrogen and oxygen atoms in total. The largest absolute Gasteiger partial charge is 0.391 e. The molecule has 2 atom stereocenters. The van der Waals surface area contributed by atoms with Crippen molar-refractivity contribution < 1.29 is 18.7 Å². The summed E-state index contributed by atoms with van der Waals surface area (Å²) in [6, 6.07) is 4.54. The van der Waals surface area contributed by atoms with Crippen molar-refractivity contribution in [2.24, 2.45) is 16.5 Å². The van der Waals surface area contributed by atoms with Gasteiger partial charge >= 0.3 is 0 Å². The maximum atomic E-state index is 15.0. The fourth-order valence-electron chi connectivity index (χ4n) is 4.77. The van der Waals surface area contributed by atoms with Crippen LogP contribution in [0, 0.1) is 29.0 Å². The van der Waals surface area contributed by atoms with Crippen molar-refractivity contribution in [3.8, 4) is 17.9 Å². The van der Waals surface area contributed by atoms with E-state index in [1.54, 1.807) is 16.6 Å². The number of benzene rings is 1. The third kappa shape index (κ3) is 5.33. The van der Waals surface area contributed by atoms with Crippen LogP contribution in [0.5, 0.6) is 0 Å². The second-order valence-electron chi connectivity index (χ2n) is 9.43. The topological polar surface area (TPSA) is 165 Å². The number of likely N-dealkylation sites (tertiary alicyclic amines) is 1. The Balaban J connectivity index is 1.60. The number of aliphatic imine (C=N–C) groups is 1. The van der Waals surface area contributed by atoms with E-state index in [9.17, 15) is 19.2 Å². The second-order valence-corrected chi connectivity index (χ2v) is 9.43. The lowest BCUT2D eigenvalue weighted by Crippen LogP contribution is -2.42. The molecule has 1 aliphatic carbocycles. The number of hydrogen-bond acceptors (Lipinski definition) is 7. The van der Waals surface area contributed by atoms with E-state index in [1.165, 1.54) is 31.6 Å². The number of allylic oxidation sites excluding steroid dienone is 1. The summed E-state index contributed by atoms with van der Waals surface area (Å²) in [6.45, 7) is 4.19. The smallest absolute Gasteiger partial charge is 0.255 e. The average molecular weight is 533 g/mol. The Kier molecular flexibility index (Phi) is 7.70. The number of nitrogens with zero attached hydrogens (tertiary/aromatic N) is 5. The van der Waals surface area contributed by atoms with Gasteiger partial charge < -0.3 is 31.0 Å². The van der Waals surface area contributed by atoms with Gasteiger partial charge in [-0.1, -0.05) is 12.5 Å². The average Bonchev–Trinajstić information content (AvgIpc) is 3.44. The van der Waals surface area contributed by atoms with E-state index < -0.39 is 17.3 Å². The molecule has 0 bridgehead atoms. The van der Waals surface area contributed by atoms with Crippen LogP contribution in [0.3, 0.4) is 0 Å². The first-order chi connectivity index (χ1) is 18.7. The minimum absolute atomic E-state index is 0.0149. The number of primary amides is 1. The monoisotopic (exact) mass is 532 g/mol. The molecule has 1 aliphatic heterocycles. The number of imidazole rings is 1. The molecule has 2 aliphatic rings. The van der Waals surface area contributed by atoms with Crippen LogP contribution in [0.15, 0.2) is 47.4 Å². The molecular weight excluding hydrogens is 503 g/mol. The van der Waals surface area contributed by atoms with Crippen LogP contribution in [0.2, 0.25) is 0 Å². The van der Waals surface area contributed by atoms with E-state index in [0.717, 1.165) is 0 Å².